The smallest absolute Gasteiger partial charge is 0.271 e. The summed E-state index contributed by atoms with van der Waals surface area (Å²) < 4.78 is 0. The van der Waals surface area contributed by atoms with E-state index in [1.165, 1.54) is 6.20 Å². The molecule has 1 atom stereocenters. The molecule has 2 aromatic rings. The Kier molecular flexibility index (Phi) is 4.78. The molecular formula is C15H19ClN6O. The Bertz CT molecular complexity index is 741. The van der Waals surface area contributed by atoms with Gasteiger partial charge in [0, 0.05) is 30.5 Å². The van der Waals surface area contributed by atoms with Gasteiger partial charge >= 0.3 is 0 Å². The number of aromatic amines is 1. The SMILES string of the molecule is Cc1cnc(Nc2cc(Cl)c[nH]c2=O)nc1NC1CCCNC1. The minimum Gasteiger partial charge on any atom is -0.366 e. The molecule has 3 rings (SSSR count). The van der Waals surface area contributed by atoms with E-state index >= 15 is 0 Å². The van der Waals surface area contributed by atoms with Crippen LogP contribution in [0.25, 0.3) is 0 Å². The van der Waals surface area contributed by atoms with Crippen LogP contribution in [0.3, 0.4) is 0 Å². The van der Waals surface area contributed by atoms with Crippen LogP contribution in [0.1, 0.15) is 18.4 Å². The summed E-state index contributed by atoms with van der Waals surface area (Å²) in [6, 6.07) is 1.89. The fourth-order valence-corrected chi connectivity index (χ4v) is 2.65. The standard InChI is InChI=1S/C15H19ClN6O/c1-9-6-19-15(21-12-5-10(16)7-18-14(12)23)22-13(9)20-11-3-2-4-17-8-11/h5-7,11,17H,2-4,8H2,1H3,(H,18,23)(H2,19,20,21,22). The van der Waals surface area contributed by atoms with Gasteiger partial charge in [-0.3, -0.25) is 4.79 Å². The minimum absolute atomic E-state index is 0.274. The maximum Gasteiger partial charge on any atom is 0.271 e. The van der Waals surface area contributed by atoms with E-state index in [2.05, 4.69) is 30.9 Å². The van der Waals surface area contributed by atoms with E-state index in [9.17, 15) is 4.79 Å². The molecule has 2 aromatic heterocycles. The number of nitrogens with zero attached hydrogens (tertiary/aromatic N) is 2. The molecular weight excluding hydrogens is 316 g/mol. The van der Waals surface area contributed by atoms with Crippen LogP contribution in [-0.2, 0) is 0 Å². The van der Waals surface area contributed by atoms with Crippen LogP contribution >= 0.6 is 11.6 Å². The van der Waals surface area contributed by atoms with Gasteiger partial charge in [0.15, 0.2) is 0 Å². The van der Waals surface area contributed by atoms with Gasteiger partial charge in [-0.25, -0.2) is 4.98 Å². The molecule has 0 bridgehead atoms. The third-order valence-corrected chi connectivity index (χ3v) is 3.94. The summed E-state index contributed by atoms with van der Waals surface area (Å²) in [4.78, 5) is 23.0. The molecule has 0 aliphatic carbocycles. The number of nitrogens with one attached hydrogen (secondary N) is 4. The van der Waals surface area contributed by atoms with E-state index in [0.29, 0.717) is 22.7 Å². The predicted octanol–water partition coefficient (Wildman–Crippen LogP) is 2.03. The molecule has 1 aliphatic rings. The lowest BCUT2D eigenvalue weighted by molar-refractivity contribution is 0.479. The zero-order valence-corrected chi connectivity index (χ0v) is 13.6. The van der Waals surface area contributed by atoms with Gasteiger partial charge in [-0.2, -0.15) is 4.98 Å². The highest BCUT2D eigenvalue weighted by Crippen LogP contribution is 2.18. The highest BCUT2D eigenvalue weighted by molar-refractivity contribution is 6.30. The number of halogens is 1. The quantitative estimate of drug-likeness (QED) is 0.683. The molecule has 4 N–H and O–H groups in total. The van der Waals surface area contributed by atoms with Crippen molar-refractivity contribution < 1.29 is 0 Å². The van der Waals surface area contributed by atoms with Crippen LogP contribution in [-0.4, -0.2) is 34.1 Å². The van der Waals surface area contributed by atoms with Crippen molar-refractivity contribution in [3.8, 4) is 0 Å². The topological polar surface area (TPSA) is 94.7 Å². The highest BCUT2D eigenvalue weighted by atomic mass is 35.5. The van der Waals surface area contributed by atoms with Crippen molar-refractivity contribution in [3.05, 3.63) is 39.4 Å². The molecule has 1 aliphatic heterocycles. The zero-order valence-electron chi connectivity index (χ0n) is 12.8. The van der Waals surface area contributed by atoms with E-state index in [1.54, 1.807) is 12.3 Å². The number of hydrogen-bond donors (Lipinski definition) is 4. The van der Waals surface area contributed by atoms with Gasteiger partial charge in [0.1, 0.15) is 11.5 Å². The van der Waals surface area contributed by atoms with E-state index < -0.39 is 0 Å². The Labute approximate surface area is 138 Å². The van der Waals surface area contributed by atoms with Crippen LogP contribution in [0, 0.1) is 6.92 Å². The largest absolute Gasteiger partial charge is 0.366 e. The van der Waals surface area contributed by atoms with Gasteiger partial charge < -0.3 is 20.9 Å². The summed E-state index contributed by atoms with van der Waals surface area (Å²) in [7, 11) is 0. The molecule has 3 heterocycles. The maximum absolute atomic E-state index is 11.8. The second-order valence-corrected chi connectivity index (χ2v) is 6.03. The summed E-state index contributed by atoms with van der Waals surface area (Å²) in [5.74, 6) is 1.13. The first-order valence-electron chi connectivity index (χ1n) is 7.58. The van der Waals surface area contributed by atoms with E-state index in [4.69, 9.17) is 11.6 Å². The van der Waals surface area contributed by atoms with Crippen LogP contribution in [0.2, 0.25) is 5.02 Å². The fourth-order valence-electron chi connectivity index (χ4n) is 2.49. The van der Waals surface area contributed by atoms with Crippen LogP contribution < -0.4 is 21.5 Å². The molecule has 1 fully saturated rings. The van der Waals surface area contributed by atoms with Crippen LogP contribution in [0.4, 0.5) is 17.5 Å². The highest BCUT2D eigenvalue weighted by Gasteiger charge is 2.15. The number of anilines is 3. The Morgan fingerprint density at radius 3 is 3.09 bits per heavy atom. The average Bonchev–Trinajstić information content (AvgIpc) is 2.55. The van der Waals surface area contributed by atoms with Crippen molar-refractivity contribution >= 4 is 29.1 Å². The van der Waals surface area contributed by atoms with Crippen molar-refractivity contribution in [2.24, 2.45) is 0 Å². The third kappa shape index (κ3) is 4.00. The van der Waals surface area contributed by atoms with E-state index in [0.717, 1.165) is 37.3 Å². The Hall–Kier alpha value is -2.12. The Morgan fingerprint density at radius 1 is 1.43 bits per heavy atom. The average molecular weight is 335 g/mol. The number of H-pyrrole nitrogens is 1. The molecule has 122 valence electrons. The first-order valence-corrected chi connectivity index (χ1v) is 7.96. The van der Waals surface area contributed by atoms with Gasteiger partial charge in [0.05, 0.1) is 5.02 Å². The number of rotatable bonds is 4. The fraction of sp³-hybridized carbons (Fsp3) is 0.400. The molecule has 0 aromatic carbocycles. The summed E-state index contributed by atoms with van der Waals surface area (Å²) >= 11 is 5.90. The van der Waals surface area contributed by atoms with Crippen molar-refractivity contribution in [2.75, 3.05) is 23.7 Å². The minimum atomic E-state index is -0.274. The van der Waals surface area contributed by atoms with Gasteiger partial charge in [0.25, 0.3) is 5.56 Å². The molecule has 1 saturated heterocycles. The molecule has 8 heteroatoms. The molecule has 0 amide bonds. The second-order valence-electron chi connectivity index (χ2n) is 5.60. The molecule has 0 radical (unpaired) electrons. The van der Waals surface area contributed by atoms with Crippen molar-refractivity contribution in [1.29, 1.82) is 0 Å². The normalized spacial score (nSPS) is 17.7. The number of aromatic nitrogens is 3. The lowest BCUT2D eigenvalue weighted by atomic mass is 10.1. The van der Waals surface area contributed by atoms with Gasteiger partial charge in [-0.15, -0.1) is 0 Å². The lowest BCUT2D eigenvalue weighted by Gasteiger charge is -2.25. The van der Waals surface area contributed by atoms with Gasteiger partial charge in [-0.05, 0) is 32.4 Å². The number of aryl methyl sites for hydroxylation is 1. The molecule has 0 spiro atoms. The summed E-state index contributed by atoms with van der Waals surface area (Å²) in [5, 5.41) is 10.1. The van der Waals surface area contributed by atoms with Gasteiger partial charge in [0.2, 0.25) is 5.95 Å². The molecule has 0 saturated carbocycles. The molecule has 7 nitrogen and oxygen atoms in total. The molecule has 23 heavy (non-hydrogen) atoms. The van der Waals surface area contributed by atoms with Crippen molar-refractivity contribution in [3.63, 3.8) is 0 Å². The number of pyridine rings is 1. The van der Waals surface area contributed by atoms with Crippen LogP contribution in [0.5, 0.6) is 0 Å². The summed E-state index contributed by atoms with van der Waals surface area (Å²) in [6.45, 7) is 3.93. The number of piperidine rings is 1. The third-order valence-electron chi connectivity index (χ3n) is 3.72. The summed E-state index contributed by atoms with van der Waals surface area (Å²) in [6.07, 6.45) is 5.42. The first-order chi connectivity index (χ1) is 11.1. The van der Waals surface area contributed by atoms with E-state index in [-0.39, 0.29) is 5.56 Å². The predicted molar refractivity (Wildman–Crippen MR) is 91.6 cm³/mol. The second kappa shape index (κ2) is 6.97. The van der Waals surface area contributed by atoms with Crippen molar-refractivity contribution in [2.45, 2.75) is 25.8 Å². The zero-order chi connectivity index (χ0) is 16.2. The van der Waals surface area contributed by atoms with Crippen molar-refractivity contribution in [1.82, 2.24) is 20.3 Å². The monoisotopic (exact) mass is 334 g/mol. The Morgan fingerprint density at radius 2 is 2.30 bits per heavy atom. The van der Waals surface area contributed by atoms with E-state index in [1.807, 2.05) is 6.92 Å². The molecule has 1 unspecified atom stereocenters. The first kappa shape index (κ1) is 15.8. The van der Waals surface area contributed by atoms with Crippen LogP contribution in [0.15, 0.2) is 23.3 Å². The van der Waals surface area contributed by atoms with Gasteiger partial charge in [-0.1, -0.05) is 11.6 Å². The summed E-state index contributed by atoms with van der Waals surface area (Å²) in [5.41, 5.74) is 0.998. The Balaban J connectivity index is 1.79. The lowest BCUT2D eigenvalue weighted by Crippen LogP contribution is -2.38. The maximum atomic E-state index is 11.8. The number of hydrogen-bond acceptors (Lipinski definition) is 6.